The standard InChI is InChI=1S/C14H18N4/c15-12-8-4-3-7-11(12)9-13-16-14(18-17-13)10-5-1-2-6-10/h3-4,7-8,10H,1-2,5-6,9,15H2,(H,16,17,18). The Morgan fingerprint density at radius 1 is 1.22 bits per heavy atom. The molecule has 18 heavy (non-hydrogen) atoms. The fourth-order valence-corrected chi connectivity index (χ4v) is 2.63. The molecule has 4 nitrogen and oxygen atoms in total. The number of rotatable bonds is 3. The van der Waals surface area contributed by atoms with Gasteiger partial charge in [0.05, 0.1) is 0 Å². The van der Waals surface area contributed by atoms with Gasteiger partial charge in [-0.2, -0.15) is 5.10 Å². The van der Waals surface area contributed by atoms with Crippen LogP contribution in [0.3, 0.4) is 0 Å². The number of benzene rings is 1. The van der Waals surface area contributed by atoms with Crippen molar-refractivity contribution in [3.63, 3.8) is 0 Å². The highest BCUT2D eigenvalue weighted by Crippen LogP contribution is 2.32. The van der Waals surface area contributed by atoms with Crippen molar-refractivity contribution >= 4 is 5.69 Å². The van der Waals surface area contributed by atoms with E-state index in [-0.39, 0.29) is 0 Å². The first kappa shape index (κ1) is 11.3. The van der Waals surface area contributed by atoms with Crippen LogP contribution in [0.25, 0.3) is 0 Å². The van der Waals surface area contributed by atoms with E-state index in [4.69, 9.17) is 5.73 Å². The van der Waals surface area contributed by atoms with E-state index in [0.29, 0.717) is 5.92 Å². The van der Waals surface area contributed by atoms with E-state index in [2.05, 4.69) is 15.2 Å². The SMILES string of the molecule is Nc1ccccc1Cc1nc(C2CCCC2)n[nH]1. The molecule has 1 aliphatic carbocycles. The van der Waals surface area contributed by atoms with Crippen molar-refractivity contribution in [2.75, 3.05) is 5.73 Å². The summed E-state index contributed by atoms with van der Waals surface area (Å²) in [6, 6.07) is 7.90. The molecule has 1 saturated carbocycles. The van der Waals surface area contributed by atoms with Gasteiger partial charge in [0.25, 0.3) is 0 Å². The Labute approximate surface area is 107 Å². The average molecular weight is 242 g/mol. The number of aromatic amines is 1. The zero-order valence-corrected chi connectivity index (χ0v) is 10.4. The van der Waals surface area contributed by atoms with E-state index < -0.39 is 0 Å². The van der Waals surface area contributed by atoms with Gasteiger partial charge >= 0.3 is 0 Å². The van der Waals surface area contributed by atoms with Crippen LogP contribution < -0.4 is 5.73 Å². The smallest absolute Gasteiger partial charge is 0.153 e. The summed E-state index contributed by atoms with van der Waals surface area (Å²) in [6.45, 7) is 0. The van der Waals surface area contributed by atoms with Gasteiger partial charge in [0, 0.05) is 18.0 Å². The molecule has 0 unspecified atom stereocenters. The molecule has 0 aliphatic heterocycles. The number of nitrogens with two attached hydrogens (primary N) is 1. The predicted molar refractivity (Wildman–Crippen MR) is 71.3 cm³/mol. The van der Waals surface area contributed by atoms with Gasteiger partial charge in [0.1, 0.15) is 5.82 Å². The van der Waals surface area contributed by atoms with Crippen LogP contribution in [0, 0.1) is 0 Å². The van der Waals surface area contributed by atoms with Crippen molar-refractivity contribution in [1.82, 2.24) is 15.2 Å². The highest BCUT2D eigenvalue weighted by molar-refractivity contribution is 5.47. The predicted octanol–water partition coefficient (Wildman–Crippen LogP) is 2.64. The Kier molecular flexibility index (Phi) is 3.00. The number of nitrogens with one attached hydrogen (secondary N) is 1. The van der Waals surface area contributed by atoms with Crippen molar-refractivity contribution in [1.29, 1.82) is 0 Å². The Morgan fingerprint density at radius 2 is 2.00 bits per heavy atom. The number of anilines is 1. The lowest BCUT2D eigenvalue weighted by Gasteiger charge is -2.02. The largest absolute Gasteiger partial charge is 0.398 e. The van der Waals surface area contributed by atoms with Crippen molar-refractivity contribution in [3.8, 4) is 0 Å². The summed E-state index contributed by atoms with van der Waals surface area (Å²) in [4.78, 5) is 4.61. The maximum atomic E-state index is 5.94. The van der Waals surface area contributed by atoms with E-state index >= 15 is 0 Å². The fraction of sp³-hybridized carbons (Fsp3) is 0.429. The second-order valence-electron chi connectivity index (χ2n) is 5.00. The van der Waals surface area contributed by atoms with Crippen molar-refractivity contribution in [2.45, 2.75) is 38.0 Å². The molecule has 94 valence electrons. The number of nitrogen functional groups attached to an aromatic ring is 1. The number of hydrogen-bond acceptors (Lipinski definition) is 3. The van der Waals surface area contributed by atoms with Crippen LogP contribution in [0.1, 0.15) is 48.8 Å². The molecule has 4 heteroatoms. The first-order valence-electron chi connectivity index (χ1n) is 6.57. The van der Waals surface area contributed by atoms with E-state index in [9.17, 15) is 0 Å². The van der Waals surface area contributed by atoms with E-state index in [0.717, 1.165) is 29.3 Å². The monoisotopic (exact) mass is 242 g/mol. The Bertz CT molecular complexity index is 526. The second-order valence-corrected chi connectivity index (χ2v) is 5.00. The molecule has 0 spiro atoms. The molecule has 0 radical (unpaired) electrons. The van der Waals surface area contributed by atoms with Gasteiger partial charge in [0.2, 0.25) is 0 Å². The fourth-order valence-electron chi connectivity index (χ4n) is 2.63. The molecule has 3 N–H and O–H groups in total. The van der Waals surface area contributed by atoms with Gasteiger partial charge in [-0.1, -0.05) is 31.0 Å². The first-order valence-corrected chi connectivity index (χ1v) is 6.57. The Morgan fingerprint density at radius 3 is 2.78 bits per heavy atom. The Balaban J connectivity index is 1.75. The quantitative estimate of drug-likeness (QED) is 0.813. The molecular formula is C14H18N4. The molecular weight excluding hydrogens is 224 g/mol. The highest BCUT2D eigenvalue weighted by atomic mass is 15.2. The van der Waals surface area contributed by atoms with Crippen molar-refractivity contribution < 1.29 is 0 Å². The van der Waals surface area contributed by atoms with Crippen LogP contribution in [-0.4, -0.2) is 15.2 Å². The summed E-state index contributed by atoms with van der Waals surface area (Å²) in [5, 5.41) is 7.39. The molecule has 1 aliphatic rings. The molecule has 0 amide bonds. The number of nitrogens with zero attached hydrogens (tertiary/aromatic N) is 2. The molecule has 0 saturated heterocycles. The van der Waals surface area contributed by atoms with Gasteiger partial charge in [-0.3, -0.25) is 5.10 Å². The van der Waals surface area contributed by atoms with Gasteiger partial charge in [-0.15, -0.1) is 0 Å². The maximum absolute atomic E-state index is 5.94. The van der Waals surface area contributed by atoms with Crippen LogP contribution in [0.5, 0.6) is 0 Å². The minimum Gasteiger partial charge on any atom is -0.398 e. The summed E-state index contributed by atoms with van der Waals surface area (Å²) >= 11 is 0. The Hall–Kier alpha value is -1.84. The van der Waals surface area contributed by atoms with Crippen molar-refractivity contribution in [2.24, 2.45) is 0 Å². The minimum absolute atomic E-state index is 0.558. The lowest BCUT2D eigenvalue weighted by molar-refractivity contribution is 0.671. The third-order valence-corrected chi connectivity index (χ3v) is 3.68. The molecule has 1 fully saturated rings. The molecule has 0 bridgehead atoms. The summed E-state index contributed by atoms with van der Waals surface area (Å²) in [5.41, 5.74) is 7.85. The van der Waals surface area contributed by atoms with Crippen LogP contribution in [0.15, 0.2) is 24.3 Å². The zero-order chi connectivity index (χ0) is 12.4. The number of H-pyrrole nitrogens is 1. The van der Waals surface area contributed by atoms with Gasteiger partial charge in [-0.25, -0.2) is 4.98 Å². The van der Waals surface area contributed by atoms with Gasteiger partial charge in [-0.05, 0) is 24.5 Å². The summed E-state index contributed by atoms with van der Waals surface area (Å²) in [5.74, 6) is 2.45. The minimum atomic E-state index is 0.558. The number of aromatic nitrogens is 3. The molecule has 3 rings (SSSR count). The van der Waals surface area contributed by atoms with E-state index in [1.54, 1.807) is 0 Å². The van der Waals surface area contributed by atoms with E-state index in [1.807, 2.05) is 24.3 Å². The normalized spacial score (nSPS) is 16.2. The second kappa shape index (κ2) is 4.80. The van der Waals surface area contributed by atoms with E-state index in [1.165, 1.54) is 25.7 Å². The van der Waals surface area contributed by atoms with Crippen LogP contribution in [-0.2, 0) is 6.42 Å². The molecule has 0 atom stereocenters. The molecule has 1 aromatic carbocycles. The lowest BCUT2D eigenvalue weighted by atomic mass is 10.1. The third kappa shape index (κ3) is 2.23. The molecule has 1 aromatic heterocycles. The van der Waals surface area contributed by atoms with Crippen LogP contribution in [0.4, 0.5) is 5.69 Å². The van der Waals surface area contributed by atoms with Gasteiger partial charge < -0.3 is 5.73 Å². The summed E-state index contributed by atoms with van der Waals surface area (Å²) < 4.78 is 0. The lowest BCUT2D eigenvalue weighted by Crippen LogP contribution is -1.98. The highest BCUT2D eigenvalue weighted by Gasteiger charge is 2.21. The maximum Gasteiger partial charge on any atom is 0.153 e. The van der Waals surface area contributed by atoms with Gasteiger partial charge in [0.15, 0.2) is 5.82 Å². The molecule has 1 heterocycles. The average Bonchev–Trinajstić information content (AvgIpc) is 3.02. The molecule has 2 aromatic rings. The van der Waals surface area contributed by atoms with Crippen LogP contribution in [0.2, 0.25) is 0 Å². The summed E-state index contributed by atoms with van der Waals surface area (Å²) in [7, 11) is 0. The zero-order valence-electron chi connectivity index (χ0n) is 10.4. The topological polar surface area (TPSA) is 67.6 Å². The summed E-state index contributed by atoms with van der Waals surface area (Å²) in [6.07, 6.45) is 5.79. The number of para-hydroxylation sites is 1. The number of hydrogen-bond donors (Lipinski definition) is 2. The van der Waals surface area contributed by atoms with Crippen molar-refractivity contribution in [3.05, 3.63) is 41.5 Å². The first-order chi connectivity index (χ1) is 8.83. The van der Waals surface area contributed by atoms with Crippen LogP contribution >= 0.6 is 0 Å². The third-order valence-electron chi connectivity index (χ3n) is 3.68.